The van der Waals surface area contributed by atoms with E-state index in [1.54, 1.807) is 43.1 Å². The number of piperazine rings is 1. The minimum absolute atomic E-state index is 0.00346. The van der Waals surface area contributed by atoms with Crippen LogP contribution < -0.4 is 9.80 Å². The number of carbonyl (C=O) groups excluding carboxylic acids is 1. The quantitative estimate of drug-likeness (QED) is 0.580. The largest absolute Gasteiger partial charge is 0.352 e. The van der Waals surface area contributed by atoms with E-state index in [1.807, 2.05) is 11.0 Å². The lowest BCUT2D eigenvalue weighted by molar-refractivity contribution is 0.0673. The molecule has 3 aromatic rings. The third kappa shape index (κ3) is 3.48. The highest BCUT2D eigenvalue weighted by Crippen LogP contribution is 2.56. The number of hydrogen-bond donors (Lipinski definition) is 0. The maximum absolute atomic E-state index is 13.1. The summed E-state index contributed by atoms with van der Waals surface area (Å²) in [5, 5.41) is 9.37. The van der Waals surface area contributed by atoms with E-state index in [9.17, 15) is 10.1 Å². The second kappa shape index (κ2) is 8.31. The summed E-state index contributed by atoms with van der Waals surface area (Å²) in [6.45, 7) is 4.94. The first-order valence-corrected chi connectivity index (χ1v) is 12.0. The van der Waals surface area contributed by atoms with Crippen molar-refractivity contribution in [3.8, 4) is 6.07 Å². The number of aromatic nitrogens is 4. The molecule has 0 aromatic carbocycles. The van der Waals surface area contributed by atoms with E-state index in [2.05, 4.69) is 32.8 Å². The van der Waals surface area contributed by atoms with Gasteiger partial charge in [-0.25, -0.2) is 15.0 Å². The van der Waals surface area contributed by atoms with Crippen LogP contribution in [0.3, 0.4) is 0 Å². The van der Waals surface area contributed by atoms with Crippen molar-refractivity contribution in [3.05, 3.63) is 65.9 Å². The van der Waals surface area contributed by atoms with Gasteiger partial charge in [0.15, 0.2) is 0 Å². The lowest BCUT2D eigenvalue weighted by atomic mass is 9.66. The van der Waals surface area contributed by atoms with Gasteiger partial charge in [0, 0.05) is 67.4 Å². The van der Waals surface area contributed by atoms with Crippen molar-refractivity contribution in [2.75, 3.05) is 36.0 Å². The smallest absolute Gasteiger partial charge is 0.254 e. The zero-order chi connectivity index (χ0) is 24.0. The van der Waals surface area contributed by atoms with Gasteiger partial charge in [0.05, 0.1) is 11.6 Å². The third-order valence-electron chi connectivity index (χ3n) is 7.63. The van der Waals surface area contributed by atoms with Crippen molar-refractivity contribution >= 4 is 23.4 Å². The number of hydrogen-bond acceptors (Lipinski definition) is 8. The molecule has 2 aliphatic heterocycles. The van der Waals surface area contributed by atoms with Crippen LogP contribution in [-0.2, 0) is 5.41 Å². The molecule has 0 bridgehead atoms. The van der Waals surface area contributed by atoms with E-state index in [0.717, 1.165) is 36.8 Å². The molecule has 2 fully saturated rings. The van der Waals surface area contributed by atoms with Crippen LogP contribution in [0, 0.1) is 11.3 Å². The number of amides is 1. The van der Waals surface area contributed by atoms with Crippen LogP contribution in [-0.4, -0.2) is 63.0 Å². The third-order valence-corrected chi connectivity index (χ3v) is 7.63. The van der Waals surface area contributed by atoms with E-state index < -0.39 is 0 Å². The number of pyridine rings is 2. The molecule has 3 aliphatic rings. The standard InChI is InChI=1S/C26H26N8O/c1-18-15-32(11-12-33(18)25(35)20-4-8-28-9-5-20)23-22-24(31-17-30-23)34(16-26(22)6-2-7-26)21-13-19(14-27)3-10-29-21/h3-5,8-10,13,17-18H,2,6-7,11-12,15-16H2,1H3. The number of anilines is 3. The molecule has 9 heteroatoms. The highest BCUT2D eigenvalue weighted by atomic mass is 16.2. The number of nitriles is 1. The average Bonchev–Trinajstić information content (AvgIpc) is 3.25. The van der Waals surface area contributed by atoms with Gasteiger partial charge in [0.2, 0.25) is 0 Å². The van der Waals surface area contributed by atoms with Crippen LogP contribution in [0.5, 0.6) is 0 Å². The molecule has 0 N–H and O–H groups in total. The van der Waals surface area contributed by atoms with Gasteiger partial charge < -0.3 is 14.7 Å². The topological polar surface area (TPSA) is 102 Å². The van der Waals surface area contributed by atoms with Crippen molar-refractivity contribution in [1.82, 2.24) is 24.8 Å². The van der Waals surface area contributed by atoms with Gasteiger partial charge in [0.25, 0.3) is 5.91 Å². The lowest BCUT2D eigenvalue weighted by Gasteiger charge is -2.44. The summed E-state index contributed by atoms with van der Waals surface area (Å²) >= 11 is 0. The van der Waals surface area contributed by atoms with Crippen molar-refractivity contribution in [3.63, 3.8) is 0 Å². The summed E-state index contributed by atoms with van der Waals surface area (Å²) in [5.74, 6) is 2.65. The van der Waals surface area contributed by atoms with Crippen LogP contribution in [0.1, 0.15) is 47.7 Å². The zero-order valence-electron chi connectivity index (χ0n) is 19.6. The predicted octanol–water partition coefficient (Wildman–Crippen LogP) is 3.06. The molecule has 0 radical (unpaired) electrons. The second-order valence-electron chi connectivity index (χ2n) is 9.66. The van der Waals surface area contributed by atoms with Gasteiger partial charge in [-0.15, -0.1) is 0 Å². The minimum atomic E-state index is 0.00346. The van der Waals surface area contributed by atoms with Gasteiger partial charge in [0.1, 0.15) is 23.8 Å². The fourth-order valence-corrected chi connectivity index (χ4v) is 5.69. The predicted molar refractivity (Wildman–Crippen MR) is 130 cm³/mol. The molecule has 176 valence electrons. The Balaban J connectivity index is 1.31. The first-order chi connectivity index (χ1) is 17.1. The molecule has 1 spiro atoms. The van der Waals surface area contributed by atoms with Gasteiger partial charge in [-0.05, 0) is 44.0 Å². The van der Waals surface area contributed by atoms with E-state index in [4.69, 9.17) is 9.97 Å². The van der Waals surface area contributed by atoms with Crippen molar-refractivity contribution < 1.29 is 4.79 Å². The van der Waals surface area contributed by atoms with Crippen molar-refractivity contribution in [1.29, 1.82) is 5.26 Å². The van der Waals surface area contributed by atoms with Crippen LogP contribution in [0.15, 0.2) is 49.2 Å². The van der Waals surface area contributed by atoms with E-state index >= 15 is 0 Å². The summed E-state index contributed by atoms with van der Waals surface area (Å²) in [4.78, 5) is 37.5. The molecular formula is C26H26N8O. The molecule has 1 unspecified atom stereocenters. The van der Waals surface area contributed by atoms with Crippen LogP contribution >= 0.6 is 0 Å². The van der Waals surface area contributed by atoms with Gasteiger partial charge in [-0.1, -0.05) is 6.42 Å². The zero-order valence-corrected chi connectivity index (χ0v) is 19.6. The van der Waals surface area contributed by atoms with Crippen LogP contribution in [0.2, 0.25) is 0 Å². The van der Waals surface area contributed by atoms with Crippen molar-refractivity contribution in [2.45, 2.75) is 37.6 Å². The fourth-order valence-electron chi connectivity index (χ4n) is 5.69. The molecule has 6 rings (SSSR count). The number of nitrogens with zero attached hydrogens (tertiary/aromatic N) is 8. The van der Waals surface area contributed by atoms with Gasteiger partial charge in [-0.2, -0.15) is 5.26 Å². The molecule has 1 amide bonds. The summed E-state index contributed by atoms with van der Waals surface area (Å²) in [5.41, 5.74) is 2.45. The summed E-state index contributed by atoms with van der Waals surface area (Å²) in [6.07, 6.45) is 9.98. The average molecular weight is 467 g/mol. The summed E-state index contributed by atoms with van der Waals surface area (Å²) < 4.78 is 0. The van der Waals surface area contributed by atoms with E-state index in [1.165, 1.54) is 12.0 Å². The lowest BCUT2D eigenvalue weighted by Crippen LogP contribution is -2.54. The Kier molecular flexibility index (Phi) is 5.10. The molecule has 35 heavy (non-hydrogen) atoms. The summed E-state index contributed by atoms with van der Waals surface area (Å²) in [6, 6.07) is 9.34. The Hall–Kier alpha value is -4.06. The van der Waals surface area contributed by atoms with Gasteiger partial charge in [-0.3, -0.25) is 9.78 Å². The van der Waals surface area contributed by atoms with Crippen LogP contribution in [0.4, 0.5) is 17.5 Å². The molecular weight excluding hydrogens is 440 g/mol. The fraction of sp³-hybridized carbons (Fsp3) is 0.385. The number of carbonyl (C=O) groups is 1. The van der Waals surface area contributed by atoms with E-state index in [0.29, 0.717) is 30.8 Å². The van der Waals surface area contributed by atoms with Gasteiger partial charge >= 0.3 is 0 Å². The SMILES string of the molecule is CC1CN(c2ncnc3c2C2(CCC2)CN3c2cc(C#N)ccn2)CCN1C(=O)c1ccncc1. The summed E-state index contributed by atoms with van der Waals surface area (Å²) in [7, 11) is 0. The first-order valence-electron chi connectivity index (χ1n) is 12.0. The Morgan fingerprint density at radius 3 is 2.60 bits per heavy atom. The second-order valence-corrected chi connectivity index (χ2v) is 9.66. The van der Waals surface area contributed by atoms with Crippen LogP contribution in [0.25, 0.3) is 0 Å². The number of fused-ring (bicyclic) bond motifs is 2. The maximum Gasteiger partial charge on any atom is 0.254 e. The van der Waals surface area contributed by atoms with E-state index in [-0.39, 0.29) is 17.4 Å². The first kappa shape index (κ1) is 21.5. The normalized spacial score (nSPS) is 20.3. The minimum Gasteiger partial charge on any atom is -0.352 e. The molecule has 9 nitrogen and oxygen atoms in total. The Morgan fingerprint density at radius 2 is 1.89 bits per heavy atom. The molecule has 1 saturated heterocycles. The molecule has 5 heterocycles. The highest BCUT2D eigenvalue weighted by Gasteiger charge is 2.51. The Labute approximate surface area is 204 Å². The molecule has 3 aromatic heterocycles. The highest BCUT2D eigenvalue weighted by molar-refractivity contribution is 5.94. The number of rotatable bonds is 3. The monoisotopic (exact) mass is 466 g/mol. The molecule has 1 aliphatic carbocycles. The molecule has 1 atom stereocenters. The Bertz CT molecular complexity index is 1320. The molecule has 1 saturated carbocycles. The van der Waals surface area contributed by atoms with Crippen molar-refractivity contribution in [2.24, 2.45) is 0 Å². The maximum atomic E-state index is 13.1. The Morgan fingerprint density at radius 1 is 1.09 bits per heavy atom.